The lowest BCUT2D eigenvalue weighted by atomic mass is 10.0. The highest BCUT2D eigenvalue weighted by Gasteiger charge is 2.15. The minimum Gasteiger partial charge on any atom is -0.467 e. The third-order valence-electron chi connectivity index (χ3n) is 3.51. The Kier molecular flexibility index (Phi) is 4.90. The van der Waals surface area contributed by atoms with Crippen LogP contribution in [0.15, 0.2) is 42.5 Å². The second-order valence-corrected chi connectivity index (χ2v) is 5.32. The number of hydrogen-bond donors (Lipinski definition) is 0. The van der Waals surface area contributed by atoms with Gasteiger partial charge in [0.05, 0.1) is 11.6 Å². The largest absolute Gasteiger partial charge is 0.467 e. The number of rotatable bonds is 5. The number of nitrogens with zero attached hydrogens (tertiary/aromatic N) is 3. The fourth-order valence-corrected chi connectivity index (χ4v) is 2.57. The second kappa shape index (κ2) is 7.26. The standard InChI is InChI=1S/C18H14ClN3O2/c1-2-23-11-24-16-9-12(10-20)7-8-15(16)17-13-5-3-4-6-14(13)18(19)22-21-17/h3-9H,2,11H2,1H3. The summed E-state index contributed by atoms with van der Waals surface area (Å²) in [4.78, 5) is 0. The van der Waals surface area contributed by atoms with Gasteiger partial charge in [-0.1, -0.05) is 35.9 Å². The summed E-state index contributed by atoms with van der Waals surface area (Å²) in [6.45, 7) is 2.52. The molecule has 0 saturated heterocycles. The summed E-state index contributed by atoms with van der Waals surface area (Å²) in [7, 11) is 0. The maximum absolute atomic E-state index is 9.12. The molecule has 0 aliphatic rings. The molecule has 0 N–H and O–H groups in total. The Hall–Kier alpha value is -2.68. The number of nitriles is 1. The van der Waals surface area contributed by atoms with E-state index in [-0.39, 0.29) is 6.79 Å². The quantitative estimate of drug-likeness (QED) is 0.515. The molecule has 2 aromatic carbocycles. The van der Waals surface area contributed by atoms with E-state index in [1.165, 1.54) is 0 Å². The zero-order valence-electron chi connectivity index (χ0n) is 13.0. The summed E-state index contributed by atoms with van der Waals surface area (Å²) in [5.74, 6) is 0.518. The molecule has 24 heavy (non-hydrogen) atoms. The molecular formula is C18H14ClN3O2. The minimum atomic E-state index is 0.0946. The molecule has 0 saturated carbocycles. The van der Waals surface area contributed by atoms with Gasteiger partial charge in [0.25, 0.3) is 0 Å². The minimum absolute atomic E-state index is 0.0946. The van der Waals surface area contributed by atoms with Crippen LogP contribution in [-0.4, -0.2) is 23.6 Å². The van der Waals surface area contributed by atoms with Gasteiger partial charge in [0.1, 0.15) is 11.4 Å². The first-order valence-electron chi connectivity index (χ1n) is 7.40. The maximum atomic E-state index is 9.12. The molecule has 1 aromatic heterocycles. The van der Waals surface area contributed by atoms with Crippen LogP contribution in [0.1, 0.15) is 12.5 Å². The van der Waals surface area contributed by atoms with Gasteiger partial charge in [-0.2, -0.15) is 5.26 Å². The van der Waals surface area contributed by atoms with Crippen molar-refractivity contribution >= 4 is 22.4 Å². The molecule has 0 fully saturated rings. The molecule has 0 bridgehead atoms. The Labute approximate surface area is 144 Å². The Morgan fingerprint density at radius 3 is 2.67 bits per heavy atom. The van der Waals surface area contributed by atoms with Crippen molar-refractivity contribution in [2.75, 3.05) is 13.4 Å². The summed E-state index contributed by atoms with van der Waals surface area (Å²) < 4.78 is 10.9. The van der Waals surface area contributed by atoms with Crippen molar-refractivity contribution in [3.63, 3.8) is 0 Å². The first kappa shape index (κ1) is 16.2. The Morgan fingerprint density at radius 1 is 1.12 bits per heavy atom. The fraction of sp³-hybridized carbons (Fsp3) is 0.167. The van der Waals surface area contributed by atoms with Crippen molar-refractivity contribution in [1.29, 1.82) is 5.26 Å². The smallest absolute Gasteiger partial charge is 0.189 e. The van der Waals surface area contributed by atoms with Gasteiger partial charge in [-0.05, 0) is 25.1 Å². The van der Waals surface area contributed by atoms with Crippen LogP contribution in [0.2, 0.25) is 5.15 Å². The predicted octanol–water partition coefficient (Wildman–Crippen LogP) is 4.19. The maximum Gasteiger partial charge on any atom is 0.189 e. The Balaban J connectivity index is 2.15. The van der Waals surface area contributed by atoms with E-state index in [0.29, 0.717) is 28.8 Å². The molecule has 3 aromatic rings. The van der Waals surface area contributed by atoms with Gasteiger partial charge >= 0.3 is 0 Å². The van der Waals surface area contributed by atoms with Crippen LogP contribution < -0.4 is 4.74 Å². The van der Waals surface area contributed by atoms with Gasteiger partial charge in [0.2, 0.25) is 0 Å². The summed E-state index contributed by atoms with van der Waals surface area (Å²) >= 11 is 6.14. The van der Waals surface area contributed by atoms with E-state index in [1.807, 2.05) is 31.2 Å². The number of benzene rings is 2. The lowest BCUT2D eigenvalue weighted by molar-refractivity contribution is 0.0227. The van der Waals surface area contributed by atoms with Gasteiger partial charge in [-0.25, -0.2) is 0 Å². The molecule has 0 aliphatic heterocycles. The van der Waals surface area contributed by atoms with E-state index < -0.39 is 0 Å². The van der Waals surface area contributed by atoms with Crippen molar-refractivity contribution in [3.8, 4) is 23.1 Å². The van der Waals surface area contributed by atoms with Crippen LogP contribution in [0.25, 0.3) is 22.0 Å². The highest BCUT2D eigenvalue weighted by molar-refractivity contribution is 6.34. The van der Waals surface area contributed by atoms with Crippen LogP contribution in [0.3, 0.4) is 0 Å². The van der Waals surface area contributed by atoms with E-state index >= 15 is 0 Å². The van der Waals surface area contributed by atoms with E-state index in [2.05, 4.69) is 16.3 Å². The zero-order valence-corrected chi connectivity index (χ0v) is 13.7. The molecule has 120 valence electrons. The van der Waals surface area contributed by atoms with Gasteiger partial charge in [0.15, 0.2) is 11.9 Å². The van der Waals surface area contributed by atoms with Crippen LogP contribution in [0.4, 0.5) is 0 Å². The molecule has 0 unspecified atom stereocenters. The normalized spacial score (nSPS) is 10.5. The molecule has 0 radical (unpaired) electrons. The molecule has 0 amide bonds. The first-order chi connectivity index (χ1) is 11.7. The van der Waals surface area contributed by atoms with Crippen LogP contribution in [0, 0.1) is 11.3 Å². The lowest BCUT2D eigenvalue weighted by Crippen LogP contribution is -2.04. The molecule has 0 spiro atoms. The molecule has 5 nitrogen and oxygen atoms in total. The average molecular weight is 340 g/mol. The van der Waals surface area contributed by atoms with Gasteiger partial charge < -0.3 is 9.47 Å². The number of ether oxygens (including phenoxy) is 2. The van der Waals surface area contributed by atoms with E-state index in [4.69, 9.17) is 26.3 Å². The number of aromatic nitrogens is 2. The molecule has 1 heterocycles. The number of hydrogen-bond acceptors (Lipinski definition) is 5. The van der Waals surface area contributed by atoms with E-state index in [1.54, 1.807) is 18.2 Å². The highest BCUT2D eigenvalue weighted by Crippen LogP contribution is 2.35. The topological polar surface area (TPSA) is 68.0 Å². The van der Waals surface area contributed by atoms with Crippen molar-refractivity contribution in [2.24, 2.45) is 0 Å². The van der Waals surface area contributed by atoms with Crippen molar-refractivity contribution < 1.29 is 9.47 Å². The van der Waals surface area contributed by atoms with Gasteiger partial charge in [-0.3, -0.25) is 0 Å². The summed E-state index contributed by atoms with van der Waals surface area (Å²) in [5, 5.41) is 19.4. The Bertz CT molecular complexity index is 922. The molecule has 3 rings (SSSR count). The van der Waals surface area contributed by atoms with Crippen LogP contribution >= 0.6 is 11.6 Å². The fourth-order valence-electron chi connectivity index (χ4n) is 2.37. The first-order valence-corrected chi connectivity index (χ1v) is 7.78. The number of fused-ring (bicyclic) bond motifs is 1. The average Bonchev–Trinajstić information content (AvgIpc) is 2.63. The van der Waals surface area contributed by atoms with Crippen molar-refractivity contribution in [1.82, 2.24) is 10.2 Å². The monoisotopic (exact) mass is 339 g/mol. The SMILES string of the molecule is CCOCOc1cc(C#N)ccc1-c1nnc(Cl)c2ccccc12. The Morgan fingerprint density at radius 2 is 1.92 bits per heavy atom. The highest BCUT2D eigenvalue weighted by atomic mass is 35.5. The van der Waals surface area contributed by atoms with Gasteiger partial charge in [-0.15, -0.1) is 10.2 Å². The summed E-state index contributed by atoms with van der Waals surface area (Å²) in [6, 6.07) is 14.9. The van der Waals surface area contributed by atoms with E-state index in [0.717, 1.165) is 16.3 Å². The second-order valence-electron chi connectivity index (χ2n) is 4.96. The summed E-state index contributed by atoms with van der Waals surface area (Å²) in [5.41, 5.74) is 1.87. The molecule has 0 atom stereocenters. The predicted molar refractivity (Wildman–Crippen MR) is 91.8 cm³/mol. The van der Waals surface area contributed by atoms with E-state index in [9.17, 15) is 0 Å². The number of halogens is 1. The molecular weight excluding hydrogens is 326 g/mol. The van der Waals surface area contributed by atoms with Crippen molar-refractivity contribution in [2.45, 2.75) is 6.92 Å². The summed E-state index contributed by atoms with van der Waals surface area (Å²) in [6.07, 6.45) is 0. The van der Waals surface area contributed by atoms with Crippen molar-refractivity contribution in [3.05, 3.63) is 53.2 Å². The third kappa shape index (κ3) is 3.16. The lowest BCUT2D eigenvalue weighted by Gasteiger charge is -2.13. The molecule has 6 heteroatoms. The van der Waals surface area contributed by atoms with Gasteiger partial charge in [0, 0.05) is 22.9 Å². The van der Waals surface area contributed by atoms with Crippen LogP contribution in [0.5, 0.6) is 5.75 Å². The van der Waals surface area contributed by atoms with Crippen LogP contribution in [-0.2, 0) is 4.74 Å². The zero-order chi connectivity index (χ0) is 16.9. The third-order valence-corrected chi connectivity index (χ3v) is 3.79. The molecule has 0 aliphatic carbocycles.